The molecule has 1 aromatic heterocycles. The average molecular weight is 460 g/mol. The van der Waals surface area contributed by atoms with Crippen molar-refractivity contribution in [3.8, 4) is 5.75 Å². The summed E-state index contributed by atoms with van der Waals surface area (Å²) >= 11 is 5.90. The van der Waals surface area contributed by atoms with Gasteiger partial charge in [-0.25, -0.2) is 8.42 Å². The van der Waals surface area contributed by atoms with E-state index in [-0.39, 0.29) is 18.0 Å². The van der Waals surface area contributed by atoms with Gasteiger partial charge in [-0.2, -0.15) is 0 Å². The molecule has 1 N–H and O–H groups in total. The first kappa shape index (κ1) is 22.6. The number of carbonyl (C=O) groups is 1. The number of rotatable bonds is 9. The van der Waals surface area contributed by atoms with Crippen LogP contribution in [0, 0.1) is 0 Å². The molecule has 0 atom stereocenters. The molecular formula is C22H22ClN3O4S. The minimum absolute atomic E-state index is 0.0332. The summed E-state index contributed by atoms with van der Waals surface area (Å²) in [5, 5.41) is 3.15. The topological polar surface area (TPSA) is 88.6 Å². The largest absolute Gasteiger partial charge is 0.494 e. The number of nitrogens with one attached hydrogen (secondary N) is 1. The van der Waals surface area contributed by atoms with Crippen molar-refractivity contribution in [3.05, 3.63) is 83.6 Å². The molecule has 0 radical (unpaired) electrons. The van der Waals surface area contributed by atoms with Crippen LogP contribution < -0.4 is 14.4 Å². The van der Waals surface area contributed by atoms with Gasteiger partial charge in [0.1, 0.15) is 12.3 Å². The van der Waals surface area contributed by atoms with Crippen LogP contribution in [0.2, 0.25) is 5.02 Å². The lowest BCUT2D eigenvalue weighted by molar-refractivity contribution is -0.119. The van der Waals surface area contributed by atoms with Crippen molar-refractivity contribution < 1.29 is 17.9 Å². The van der Waals surface area contributed by atoms with E-state index in [1.165, 1.54) is 24.3 Å². The number of carbonyl (C=O) groups excluding carboxylic acids is 1. The SMILES string of the molecule is CCOc1ccc(N(CC(=O)NCc2cccnc2)S(=O)(=O)c2ccc(Cl)cc2)cc1. The van der Waals surface area contributed by atoms with Crippen molar-refractivity contribution in [2.75, 3.05) is 17.5 Å². The molecule has 0 bridgehead atoms. The van der Waals surface area contributed by atoms with Crippen LogP contribution in [0.25, 0.3) is 0 Å². The van der Waals surface area contributed by atoms with Crippen LogP contribution in [-0.4, -0.2) is 32.5 Å². The Morgan fingerprint density at radius 3 is 2.42 bits per heavy atom. The molecule has 0 aliphatic heterocycles. The van der Waals surface area contributed by atoms with Gasteiger partial charge in [0.2, 0.25) is 5.91 Å². The molecule has 3 aromatic rings. The third-order valence-corrected chi connectivity index (χ3v) is 6.38. The Morgan fingerprint density at radius 1 is 1.10 bits per heavy atom. The fourth-order valence-corrected chi connectivity index (χ4v) is 4.36. The van der Waals surface area contributed by atoms with E-state index in [4.69, 9.17) is 16.3 Å². The summed E-state index contributed by atoms with van der Waals surface area (Å²) in [5.41, 5.74) is 1.15. The van der Waals surface area contributed by atoms with Crippen molar-refractivity contribution in [1.82, 2.24) is 10.3 Å². The molecule has 1 amide bonds. The molecule has 0 unspecified atom stereocenters. The number of benzene rings is 2. The van der Waals surface area contributed by atoms with Gasteiger partial charge in [-0.3, -0.25) is 14.1 Å². The molecule has 0 aliphatic rings. The number of halogens is 1. The summed E-state index contributed by atoms with van der Waals surface area (Å²) < 4.78 is 33.1. The predicted molar refractivity (Wildman–Crippen MR) is 120 cm³/mol. The van der Waals surface area contributed by atoms with Gasteiger partial charge >= 0.3 is 0 Å². The van der Waals surface area contributed by atoms with Gasteiger partial charge < -0.3 is 10.1 Å². The number of ether oxygens (including phenoxy) is 1. The molecule has 0 spiro atoms. The highest BCUT2D eigenvalue weighted by Crippen LogP contribution is 2.26. The summed E-state index contributed by atoms with van der Waals surface area (Å²) in [6.07, 6.45) is 3.27. The minimum Gasteiger partial charge on any atom is -0.494 e. The molecule has 1 heterocycles. The van der Waals surface area contributed by atoms with E-state index in [0.717, 1.165) is 9.87 Å². The smallest absolute Gasteiger partial charge is 0.264 e. The second-order valence-corrected chi connectivity index (χ2v) is 8.83. The number of aromatic nitrogens is 1. The van der Waals surface area contributed by atoms with Crippen LogP contribution >= 0.6 is 11.6 Å². The van der Waals surface area contributed by atoms with Crippen LogP contribution in [0.15, 0.2) is 78.0 Å². The summed E-state index contributed by atoms with van der Waals surface area (Å²) in [6.45, 7) is 2.20. The second-order valence-electron chi connectivity index (χ2n) is 6.53. The number of sulfonamides is 1. The molecule has 7 nitrogen and oxygen atoms in total. The monoisotopic (exact) mass is 459 g/mol. The van der Waals surface area contributed by atoms with Gasteiger partial charge in [-0.1, -0.05) is 17.7 Å². The number of hydrogen-bond donors (Lipinski definition) is 1. The van der Waals surface area contributed by atoms with E-state index in [1.54, 1.807) is 42.7 Å². The van der Waals surface area contributed by atoms with Crippen molar-refractivity contribution in [3.63, 3.8) is 0 Å². The van der Waals surface area contributed by atoms with Gasteiger partial charge in [0.05, 0.1) is 17.2 Å². The van der Waals surface area contributed by atoms with Gasteiger partial charge in [-0.05, 0) is 67.1 Å². The summed E-state index contributed by atoms with van der Waals surface area (Å²) in [6, 6.07) is 15.9. The summed E-state index contributed by atoms with van der Waals surface area (Å²) in [5.74, 6) is 0.159. The highest BCUT2D eigenvalue weighted by molar-refractivity contribution is 7.92. The Labute approximate surface area is 186 Å². The minimum atomic E-state index is -4.01. The Kier molecular flexibility index (Phi) is 7.49. The Balaban J connectivity index is 1.86. The van der Waals surface area contributed by atoms with Crippen LogP contribution in [0.1, 0.15) is 12.5 Å². The normalized spacial score (nSPS) is 11.0. The van der Waals surface area contributed by atoms with Crippen LogP contribution in [0.4, 0.5) is 5.69 Å². The number of nitrogens with zero attached hydrogens (tertiary/aromatic N) is 2. The standard InChI is InChI=1S/C22H22ClN3O4S/c1-2-30-20-9-7-19(8-10-20)26(31(28,29)21-11-5-18(23)6-12-21)16-22(27)25-15-17-4-3-13-24-14-17/h3-14H,2,15-16H2,1H3,(H,25,27). The van der Waals surface area contributed by atoms with E-state index in [2.05, 4.69) is 10.3 Å². The van der Waals surface area contributed by atoms with Crippen molar-refractivity contribution in [1.29, 1.82) is 0 Å². The zero-order valence-corrected chi connectivity index (χ0v) is 18.4. The molecule has 0 saturated heterocycles. The zero-order valence-electron chi connectivity index (χ0n) is 16.9. The van der Waals surface area contributed by atoms with E-state index in [9.17, 15) is 13.2 Å². The summed E-state index contributed by atoms with van der Waals surface area (Å²) in [7, 11) is -4.01. The first-order valence-electron chi connectivity index (χ1n) is 9.57. The van der Waals surface area contributed by atoms with E-state index in [0.29, 0.717) is 23.1 Å². The molecule has 31 heavy (non-hydrogen) atoms. The first-order chi connectivity index (χ1) is 14.9. The third kappa shape index (κ3) is 5.96. The van der Waals surface area contributed by atoms with Crippen molar-refractivity contribution in [2.24, 2.45) is 0 Å². The second kappa shape index (κ2) is 10.3. The zero-order chi connectivity index (χ0) is 22.3. The van der Waals surface area contributed by atoms with Crippen LogP contribution in [0.3, 0.4) is 0 Å². The summed E-state index contributed by atoms with van der Waals surface area (Å²) in [4.78, 5) is 16.7. The lowest BCUT2D eigenvalue weighted by atomic mass is 10.3. The van der Waals surface area contributed by atoms with E-state index < -0.39 is 15.9 Å². The molecule has 0 saturated carbocycles. The number of hydrogen-bond acceptors (Lipinski definition) is 5. The number of pyridine rings is 1. The average Bonchev–Trinajstić information content (AvgIpc) is 2.78. The quantitative estimate of drug-likeness (QED) is 0.527. The fraction of sp³-hybridized carbons (Fsp3) is 0.182. The maximum Gasteiger partial charge on any atom is 0.264 e. The fourth-order valence-electron chi connectivity index (χ4n) is 2.81. The molecule has 0 aliphatic carbocycles. The Morgan fingerprint density at radius 2 is 1.81 bits per heavy atom. The van der Waals surface area contributed by atoms with Gasteiger partial charge in [0.25, 0.3) is 10.0 Å². The van der Waals surface area contributed by atoms with E-state index in [1.807, 2.05) is 13.0 Å². The molecule has 3 rings (SSSR count). The third-order valence-electron chi connectivity index (χ3n) is 4.34. The number of anilines is 1. The Bertz CT molecular complexity index is 1110. The molecule has 9 heteroatoms. The highest BCUT2D eigenvalue weighted by Gasteiger charge is 2.27. The predicted octanol–water partition coefficient (Wildman–Crippen LogP) is 3.65. The lowest BCUT2D eigenvalue weighted by Crippen LogP contribution is -2.40. The molecule has 0 fully saturated rings. The van der Waals surface area contributed by atoms with Crippen molar-refractivity contribution in [2.45, 2.75) is 18.4 Å². The van der Waals surface area contributed by atoms with Crippen molar-refractivity contribution >= 4 is 33.2 Å². The maximum absolute atomic E-state index is 13.3. The molecular weight excluding hydrogens is 438 g/mol. The van der Waals surface area contributed by atoms with Gasteiger partial charge in [-0.15, -0.1) is 0 Å². The Hall–Kier alpha value is -3.10. The number of amides is 1. The lowest BCUT2D eigenvalue weighted by Gasteiger charge is -2.24. The van der Waals surface area contributed by atoms with Crippen LogP contribution in [-0.2, 0) is 21.4 Å². The highest BCUT2D eigenvalue weighted by atomic mass is 35.5. The van der Waals surface area contributed by atoms with E-state index >= 15 is 0 Å². The molecule has 162 valence electrons. The van der Waals surface area contributed by atoms with Gasteiger partial charge in [0, 0.05) is 24.0 Å². The first-order valence-corrected chi connectivity index (χ1v) is 11.4. The van der Waals surface area contributed by atoms with Crippen LogP contribution in [0.5, 0.6) is 5.75 Å². The molecule has 2 aromatic carbocycles. The van der Waals surface area contributed by atoms with Gasteiger partial charge in [0.15, 0.2) is 0 Å². The maximum atomic E-state index is 13.3.